The Hall–Kier alpha value is -3.34. The van der Waals surface area contributed by atoms with E-state index in [1.807, 2.05) is 0 Å². The lowest BCUT2D eigenvalue weighted by Crippen LogP contribution is -2.52. The second-order valence-electron chi connectivity index (χ2n) is 7.66. The molecule has 1 aliphatic carbocycles. The van der Waals surface area contributed by atoms with Crippen LogP contribution < -0.4 is 15.4 Å². The Morgan fingerprint density at radius 2 is 1.77 bits per heavy atom. The van der Waals surface area contributed by atoms with Gasteiger partial charge < -0.3 is 20.1 Å². The van der Waals surface area contributed by atoms with Gasteiger partial charge in [-0.1, -0.05) is 31.4 Å². The van der Waals surface area contributed by atoms with Gasteiger partial charge in [0.1, 0.15) is 17.3 Å². The Labute approximate surface area is 182 Å². The summed E-state index contributed by atoms with van der Waals surface area (Å²) in [7, 11) is 1.57. The highest BCUT2D eigenvalue weighted by Crippen LogP contribution is 2.27. The van der Waals surface area contributed by atoms with E-state index in [4.69, 9.17) is 9.47 Å². The minimum Gasteiger partial charge on any atom is -0.497 e. The Morgan fingerprint density at radius 1 is 1.13 bits per heavy atom. The number of carbonyl (C=O) groups is 3. The molecule has 2 atom stereocenters. The average molecular weight is 428 g/mol. The summed E-state index contributed by atoms with van der Waals surface area (Å²) in [5, 5.41) is 14.7. The summed E-state index contributed by atoms with van der Waals surface area (Å²) in [6.07, 6.45) is 5.79. The lowest BCUT2D eigenvalue weighted by Gasteiger charge is -2.32. The van der Waals surface area contributed by atoms with E-state index in [1.54, 1.807) is 37.5 Å². The molecule has 0 bridgehead atoms. The second-order valence-corrected chi connectivity index (χ2v) is 7.66. The molecule has 0 spiro atoms. The van der Waals surface area contributed by atoms with E-state index in [2.05, 4.69) is 16.7 Å². The van der Waals surface area contributed by atoms with Gasteiger partial charge in [-0.2, -0.15) is 5.26 Å². The molecule has 1 aliphatic rings. The van der Waals surface area contributed by atoms with Gasteiger partial charge >= 0.3 is 5.97 Å². The number of ether oxygens (including phenoxy) is 2. The third-order valence-electron chi connectivity index (χ3n) is 5.20. The molecule has 8 nitrogen and oxygen atoms in total. The molecule has 1 saturated carbocycles. The summed E-state index contributed by atoms with van der Waals surface area (Å²) in [5.74, 6) is -1.01. The summed E-state index contributed by atoms with van der Waals surface area (Å²) < 4.78 is 10.3. The van der Waals surface area contributed by atoms with Crippen molar-refractivity contribution in [3.63, 3.8) is 0 Å². The van der Waals surface area contributed by atoms with Gasteiger partial charge in [-0.15, -0.1) is 0 Å². The molecule has 1 aromatic carbocycles. The fourth-order valence-corrected chi connectivity index (χ4v) is 3.29. The molecule has 0 radical (unpaired) electrons. The maximum absolute atomic E-state index is 12.4. The van der Waals surface area contributed by atoms with Crippen LogP contribution in [0.25, 0.3) is 6.08 Å². The quantitative estimate of drug-likeness (QED) is 0.486. The highest BCUT2D eigenvalue weighted by molar-refractivity contribution is 5.95. The first-order valence-corrected chi connectivity index (χ1v) is 10.3. The molecule has 2 N–H and O–H groups in total. The number of hydrogen-bond acceptors (Lipinski definition) is 6. The van der Waals surface area contributed by atoms with Crippen molar-refractivity contribution in [2.24, 2.45) is 0 Å². The molecule has 0 saturated heterocycles. The first-order chi connectivity index (χ1) is 14.8. The van der Waals surface area contributed by atoms with Crippen molar-refractivity contribution in [2.45, 2.75) is 63.6 Å². The van der Waals surface area contributed by atoms with Crippen molar-refractivity contribution >= 4 is 23.9 Å². The van der Waals surface area contributed by atoms with E-state index in [-0.39, 0.29) is 0 Å². The second kappa shape index (κ2) is 11.2. The molecule has 166 valence electrons. The Bertz CT molecular complexity index is 851. The van der Waals surface area contributed by atoms with Gasteiger partial charge in [-0.05, 0) is 50.5 Å². The molecular weight excluding hydrogens is 398 g/mol. The number of methoxy groups -OCH3 is 1. The third-order valence-corrected chi connectivity index (χ3v) is 5.20. The zero-order valence-electron chi connectivity index (χ0n) is 18.1. The van der Waals surface area contributed by atoms with Crippen LogP contribution >= 0.6 is 0 Å². The number of nitrogens with one attached hydrogen (secondary N) is 2. The number of amides is 2. The van der Waals surface area contributed by atoms with Crippen LogP contribution in [0.5, 0.6) is 5.75 Å². The van der Waals surface area contributed by atoms with Gasteiger partial charge in [0.15, 0.2) is 6.10 Å². The number of rotatable bonds is 8. The molecule has 0 aliphatic heterocycles. The predicted octanol–water partition coefficient (Wildman–Crippen LogP) is 2.49. The van der Waals surface area contributed by atoms with Crippen LogP contribution in [0.3, 0.4) is 0 Å². The van der Waals surface area contributed by atoms with Crippen LogP contribution in [-0.2, 0) is 19.1 Å². The molecule has 31 heavy (non-hydrogen) atoms. The largest absolute Gasteiger partial charge is 0.497 e. The fraction of sp³-hybridized carbons (Fsp3) is 0.478. The van der Waals surface area contributed by atoms with Crippen molar-refractivity contribution in [1.82, 2.24) is 10.6 Å². The standard InChI is InChI=1S/C23H29N3O5/c1-16(25-20(27)12-9-18-7-10-19(30-3)11-8-18)22(29)31-17(2)21(28)26-23(15-24)13-5-4-6-14-23/h7-12,16-17H,4-6,13-14H2,1-3H3,(H,25,27)(H,26,28)/b12-9+. The van der Waals surface area contributed by atoms with E-state index in [1.165, 1.54) is 19.9 Å². The number of nitrogens with zero attached hydrogens (tertiary/aromatic N) is 1. The SMILES string of the molecule is COc1ccc(/C=C/C(=O)NC(C)C(=O)OC(C)C(=O)NC2(C#N)CCCCC2)cc1. The number of hydrogen-bond donors (Lipinski definition) is 2. The predicted molar refractivity (Wildman–Crippen MR) is 115 cm³/mol. The molecule has 2 rings (SSSR count). The fourth-order valence-electron chi connectivity index (χ4n) is 3.29. The minimum absolute atomic E-state index is 0.469. The molecule has 0 heterocycles. The van der Waals surface area contributed by atoms with Gasteiger partial charge in [0, 0.05) is 6.08 Å². The smallest absolute Gasteiger partial charge is 0.329 e. The summed E-state index contributed by atoms with van der Waals surface area (Å²) in [5.41, 5.74) is -0.104. The zero-order chi connectivity index (χ0) is 22.9. The molecule has 2 amide bonds. The van der Waals surface area contributed by atoms with Gasteiger partial charge in [0.05, 0.1) is 13.2 Å². The van der Waals surface area contributed by atoms with Crippen molar-refractivity contribution in [2.75, 3.05) is 7.11 Å². The van der Waals surface area contributed by atoms with Crippen LogP contribution in [0.1, 0.15) is 51.5 Å². The van der Waals surface area contributed by atoms with Crippen molar-refractivity contribution in [3.05, 3.63) is 35.9 Å². The minimum atomic E-state index is -1.08. The summed E-state index contributed by atoms with van der Waals surface area (Å²) in [6.45, 7) is 2.92. The zero-order valence-corrected chi connectivity index (χ0v) is 18.1. The maximum atomic E-state index is 12.4. The lowest BCUT2D eigenvalue weighted by atomic mass is 9.83. The Kier molecular flexibility index (Phi) is 8.62. The topological polar surface area (TPSA) is 118 Å². The van der Waals surface area contributed by atoms with Crippen LogP contribution in [0.2, 0.25) is 0 Å². The number of esters is 1. The van der Waals surface area contributed by atoms with Gasteiger partial charge in [-0.25, -0.2) is 4.79 Å². The van der Waals surface area contributed by atoms with Gasteiger partial charge in [-0.3, -0.25) is 9.59 Å². The van der Waals surface area contributed by atoms with Crippen LogP contribution in [0, 0.1) is 11.3 Å². The number of benzene rings is 1. The van der Waals surface area contributed by atoms with E-state index in [0.29, 0.717) is 18.6 Å². The van der Waals surface area contributed by atoms with E-state index in [9.17, 15) is 19.6 Å². The Morgan fingerprint density at radius 3 is 2.35 bits per heavy atom. The highest BCUT2D eigenvalue weighted by atomic mass is 16.5. The molecule has 2 unspecified atom stereocenters. The average Bonchev–Trinajstić information content (AvgIpc) is 2.78. The normalized spacial score (nSPS) is 17.1. The summed E-state index contributed by atoms with van der Waals surface area (Å²) in [6, 6.07) is 8.38. The Balaban J connectivity index is 1.83. The first-order valence-electron chi connectivity index (χ1n) is 10.3. The summed E-state index contributed by atoms with van der Waals surface area (Å²) >= 11 is 0. The van der Waals surface area contributed by atoms with Crippen LogP contribution in [0.4, 0.5) is 0 Å². The van der Waals surface area contributed by atoms with Crippen LogP contribution in [0.15, 0.2) is 30.3 Å². The number of nitriles is 1. The van der Waals surface area contributed by atoms with Crippen molar-refractivity contribution in [1.29, 1.82) is 5.26 Å². The van der Waals surface area contributed by atoms with E-state index >= 15 is 0 Å². The van der Waals surface area contributed by atoms with E-state index in [0.717, 1.165) is 24.8 Å². The van der Waals surface area contributed by atoms with E-state index < -0.39 is 35.5 Å². The van der Waals surface area contributed by atoms with Crippen molar-refractivity contribution in [3.8, 4) is 11.8 Å². The van der Waals surface area contributed by atoms with Gasteiger partial charge in [0.2, 0.25) is 5.91 Å². The third kappa shape index (κ3) is 7.14. The van der Waals surface area contributed by atoms with Gasteiger partial charge in [0.25, 0.3) is 5.91 Å². The molecule has 1 fully saturated rings. The monoisotopic (exact) mass is 427 g/mol. The maximum Gasteiger partial charge on any atom is 0.329 e. The molecule has 1 aromatic rings. The lowest BCUT2D eigenvalue weighted by molar-refractivity contribution is -0.157. The first kappa shape index (κ1) is 23.9. The molecule has 0 aromatic heterocycles. The summed E-state index contributed by atoms with van der Waals surface area (Å²) in [4.78, 5) is 36.7. The number of carbonyl (C=O) groups excluding carboxylic acids is 3. The molecular formula is C23H29N3O5. The van der Waals surface area contributed by atoms with Crippen molar-refractivity contribution < 1.29 is 23.9 Å². The molecule has 8 heteroatoms. The van der Waals surface area contributed by atoms with Crippen LogP contribution in [-0.4, -0.2) is 42.6 Å². The highest BCUT2D eigenvalue weighted by Gasteiger charge is 2.35.